The van der Waals surface area contributed by atoms with Crippen LogP contribution in [0.3, 0.4) is 0 Å². The number of alkyl halides is 3. The van der Waals surface area contributed by atoms with Gasteiger partial charge in [0.1, 0.15) is 17.1 Å². The molecule has 0 saturated heterocycles. The number of aromatic nitrogens is 5. The lowest BCUT2D eigenvalue weighted by Crippen LogP contribution is -2.28. The lowest BCUT2D eigenvalue weighted by atomic mass is 10.0. The quantitative estimate of drug-likeness (QED) is 0.232. The number of hydrogen-bond acceptors (Lipinski definition) is 6. The molecule has 0 aliphatic heterocycles. The number of benzene rings is 1. The number of anilines is 1. The second-order valence-electron chi connectivity index (χ2n) is 10.8. The van der Waals surface area contributed by atoms with E-state index in [0.29, 0.717) is 29.3 Å². The van der Waals surface area contributed by atoms with Crippen LogP contribution in [0.1, 0.15) is 73.4 Å². The maximum absolute atomic E-state index is 14.9. The van der Waals surface area contributed by atoms with Crippen LogP contribution in [0.5, 0.6) is 0 Å². The third-order valence-electron chi connectivity index (χ3n) is 7.69. The van der Waals surface area contributed by atoms with Crippen molar-refractivity contribution in [1.82, 2.24) is 24.9 Å². The first-order chi connectivity index (χ1) is 19.7. The Hall–Kier alpha value is -4.09. The molecule has 1 N–H and O–H groups in total. The van der Waals surface area contributed by atoms with Crippen LogP contribution in [0.25, 0.3) is 11.1 Å². The summed E-state index contributed by atoms with van der Waals surface area (Å²) in [7, 11) is 0. The Bertz CT molecular complexity index is 1570. The van der Waals surface area contributed by atoms with Crippen LogP contribution < -0.4 is 5.32 Å². The van der Waals surface area contributed by atoms with Crippen LogP contribution >= 0.6 is 0 Å². The molecule has 1 aromatic carbocycles. The van der Waals surface area contributed by atoms with Crippen molar-refractivity contribution >= 4 is 11.7 Å². The number of carbonyl (C=O) groups excluding carboxylic acids is 1. The van der Waals surface area contributed by atoms with Gasteiger partial charge in [-0.3, -0.25) is 9.48 Å². The molecule has 0 atom stereocenters. The smallest absolute Gasteiger partial charge is 0.358 e. The number of hydrogen-bond donors (Lipinski definition) is 1. The fourth-order valence-electron chi connectivity index (χ4n) is 5.14. The molecule has 1 amide bonds. The predicted octanol–water partition coefficient (Wildman–Crippen LogP) is 6.12. The van der Waals surface area contributed by atoms with Gasteiger partial charge >= 0.3 is 6.18 Å². The van der Waals surface area contributed by atoms with E-state index in [2.05, 4.69) is 37.1 Å². The van der Waals surface area contributed by atoms with E-state index >= 15 is 0 Å². The second-order valence-corrected chi connectivity index (χ2v) is 10.8. The minimum Gasteiger partial charge on any atom is -0.358 e. The Morgan fingerprint density at radius 3 is 2.49 bits per heavy atom. The lowest BCUT2D eigenvalue weighted by Gasteiger charge is -2.14. The molecule has 0 unspecified atom stereocenters. The predicted molar refractivity (Wildman–Crippen MR) is 141 cm³/mol. The molecule has 2 aliphatic carbocycles. The highest BCUT2D eigenvalue weighted by Crippen LogP contribution is 2.59. The number of aryl methyl sites for hydroxylation is 1. The minimum absolute atomic E-state index is 0.0869. The average Bonchev–Trinajstić information content (AvgIpc) is 3.86. The summed E-state index contributed by atoms with van der Waals surface area (Å²) in [5, 5.41) is 10.5. The highest BCUT2D eigenvalue weighted by Gasteiger charge is 2.66. The SMILES string of the molecule is CCCn1ncc(Cc2ncc(-c3ccc(CC(=O)Nc4cc(C5(C(F)(F)F)CC5)on4)c(F)c3)cn2)c1C1CC1. The lowest BCUT2D eigenvalue weighted by molar-refractivity contribution is -0.165. The van der Waals surface area contributed by atoms with Gasteiger partial charge in [-0.2, -0.15) is 18.3 Å². The zero-order valence-electron chi connectivity index (χ0n) is 22.3. The fraction of sp³-hybridized carbons (Fsp3) is 0.414. The molecular weight excluding hydrogens is 540 g/mol. The van der Waals surface area contributed by atoms with Gasteiger partial charge in [-0.25, -0.2) is 14.4 Å². The van der Waals surface area contributed by atoms with Crippen molar-refractivity contribution in [3.8, 4) is 11.1 Å². The van der Waals surface area contributed by atoms with Gasteiger partial charge in [0.2, 0.25) is 5.91 Å². The Kier molecular flexibility index (Phi) is 6.87. The van der Waals surface area contributed by atoms with E-state index in [0.717, 1.165) is 24.6 Å². The second kappa shape index (κ2) is 10.4. The molecule has 4 aromatic rings. The molecule has 0 spiro atoms. The van der Waals surface area contributed by atoms with Gasteiger partial charge in [0.15, 0.2) is 11.6 Å². The van der Waals surface area contributed by atoms with Crippen LogP contribution in [0.2, 0.25) is 0 Å². The van der Waals surface area contributed by atoms with Crippen LogP contribution in [-0.4, -0.2) is 37.0 Å². The summed E-state index contributed by atoms with van der Waals surface area (Å²) in [4.78, 5) is 21.4. The Morgan fingerprint density at radius 2 is 1.85 bits per heavy atom. The summed E-state index contributed by atoms with van der Waals surface area (Å²) in [5.41, 5.74) is 1.68. The summed E-state index contributed by atoms with van der Waals surface area (Å²) in [6.07, 6.45) is 4.17. The zero-order valence-corrected chi connectivity index (χ0v) is 22.3. The Morgan fingerprint density at radius 1 is 1.10 bits per heavy atom. The zero-order chi connectivity index (χ0) is 28.8. The molecule has 0 bridgehead atoms. The molecule has 2 fully saturated rings. The van der Waals surface area contributed by atoms with Crippen molar-refractivity contribution in [2.75, 3.05) is 5.32 Å². The molecular formula is C29H28F4N6O2. The van der Waals surface area contributed by atoms with Crippen LogP contribution in [0.15, 0.2) is 47.4 Å². The molecule has 8 nitrogen and oxygen atoms in total. The number of nitrogens with one attached hydrogen (secondary N) is 1. The van der Waals surface area contributed by atoms with Gasteiger partial charge in [0.05, 0.1) is 12.6 Å². The number of halogens is 4. The molecule has 0 radical (unpaired) electrons. The minimum atomic E-state index is -4.46. The number of nitrogens with zero attached hydrogens (tertiary/aromatic N) is 5. The molecule has 3 aromatic heterocycles. The summed E-state index contributed by atoms with van der Waals surface area (Å²) in [6.45, 7) is 3.02. The highest BCUT2D eigenvalue weighted by molar-refractivity contribution is 5.91. The molecule has 214 valence electrons. The monoisotopic (exact) mass is 568 g/mol. The number of carbonyl (C=O) groups is 1. The van der Waals surface area contributed by atoms with Crippen molar-refractivity contribution in [2.45, 2.75) is 75.9 Å². The molecule has 41 heavy (non-hydrogen) atoms. The van der Waals surface area contributed by atoms with E-state index in [1.165, 1.54) is 30.7 Å². The maximum Gasteiger partial charge on any atom is 0.401 e. The third-order valence-corrected chi connectivity index (χ3v) is 7.69. The van der Waals surface area contributed by atoms with Gasteiger partial charge in [0, 0.05) is 54.2 Å². The van der Waals surface area contributed by atoms with E-state index in [1.807, 2.05) is 6.20 Å². The fourth-order valence-corrected chi connectivity index (χ4v) is 5.14. The maximum atomic E-state index is 14.9. The third kappa shape index (κ3) is 5.47. The van der Waals surface area contributed by atoms with Crippen LogP contribution in [0, 0.1) is 5.82 Å². The van der Waals surface area contributed by atoms with Crippen molar-refractivity contribution in [3.63, 3.8) is 0 Å². The van der Waals surface area contributed by atoms with Gasteiger partial charge in [-0.1, -0.05) is 24.2 Å². The van der Waals surface area contributed by atoms with E-state index in [9.17, 15) is 22.4 Å². The van der Waals surface area contributed by atoms with Crippen molar-refractivity contribution in [3.05, 3.63) is 77.1 Å². The van der Waals surface area contributed by atoms with Crippen molar-refractivity contribution < 1.29 is 26.9 Å². The first-order valence-corrected chi connectivity index (χ1v) is 13.6. The topological polar surface area (TPSA) is 98.7 Å². The van der Waals surface area contributed by atoms with E-state index in [-0.39, 0.29) is 36.4 Å². The van der Waals surface area contributed by atoms with Gasteiger partial charge in [0.25, 0.3) is 0 Å². The molecule has 2 saturated carbocycles. The van der Waals surface area contributed by atoms with Crippen LogP contribution in [-0.2, 0) is 29.6 Å². The molecule has 6 rings (SSSR count). The summed E-state index contributed by atoms with van der Waals surface area (Å²) in [5.74, 6) is -0.502. The highest BCUT2D eigenvalue weighted by atomic mass is 19.4. The Labute approximate surface area is 233 Å². The molecule has 2 aliphatic rings. The number of rotatable bonds is 10. The number of amides is 1. The van der Waals surface area contributed by atoms with E-state index in [1.54, 1.807) is 18.5 Å². The van der Waals surface area contributed by atoms with Gasteiger partial charge in [-0.05, 0) is 49.3 Å². The van der Waals surface area contributed by atoms with Crippen LogP contribution in [0.4, 0.5) is 23.4 Å². The first kappa shape index (κ1) is 27.1. The summed E-state index contributed by atoms with van der Waals surface area (Å²) < 4.78 is 61.7. The standard InChI is InChI=1S/C29H28F4N6O2/c1-2-9-39-27(17-3-4-17)20(16-36-39)11-24-34-14-21(15-35-24)18-5-6-19(22(30)10-18)12-26(40)37-25-13-23(41-38-25)28(7-8-28)29(31,32)33/h5-6,10,13-17H,2-4,7-9,11-12H2,1H3,(H,37,38,40). The summed E-state index contributed by atoms with van der Waals surface area (Å²) in [6, 6.07) is 5.53. The van der Waals surface area contributed by atoms with Crippen molar-refractivity contribution in [2.24, 2.45) is 0 Å². The largest absolute Gasteiger partial charge is 0.401 e. The Balaban J connectivity index is 1.09. The molecule has 3 heterocycles. The van der Waals surface area contributed by atoms with E-state index in [4.69, 9.17) is 4.52 Å². The average molecular weight is 569 g/mol. The first-order valence-electron chi connectivity index (χ1n) is 13.6. The molecule has 12 heteroatoms. The van der Waals surface area contributed by atoms with Gasteiger partial charge in [-0.15, -0.1) is 0 Å². The summed E-state index contributed by atoms with van der Waals surface area (Å²) >= 11 is 0. The normalized spacial score (nSPS) is 16.1. The van der Waals surface area contributed by atoms with Gasteiger partial charge < -0.3 is 9.84 Å². The van der Waals surface area contributed by atoms with Crippen molar-refractivity contribution in [1.29, 1.82) is 0 Å². The van der Waals surface area contributed by atoms with E-state index < -0.39 is 23.3 Å².